The lowest BCUT2D eigenvalue weighted by Gasteiger charge is -2.31. The number of aromatic amines is 1. The van der Waals surface area contributed by atoms with Crippen LogP contribution in [0.1, 0.15) is 39.2 Å². The molecule has 1 aliphatic heterocycles. The van der Waals surface area contributed by atoms with Crippen molar-refractivity contribution >= 4 is 22.4 Å². The highest BCUT2D eigenvalue weighted by Gasteiger charge is 2.24. The van der Waals surface area contributed by atoms with Crippen LogP contribution in [0.2, 0.25) is 0 Å². The molecule has 2 heterocycles. The summed E-state index contributed by atoms with van der Waals surface area (Å²) < 4.78 is 5.36. The van der Waals surface area contributed by atoms with E-state index in [1.807, 2.05) is 19.9 Å². The van der Waals surface area contributed by atoms with Gasteiger partial charge in [0.2, 0.25) is 5.91 Å². The molecule has 0 fully saturated rings. The molecule has 0 bridgehead atoms. The monoisotopic (exact) mass is 355 g/mol. The highest BCUT2D eigenvalue weighted by Crippen LogP contribution is 2.31. The van der Waals surface area contributed by atoms with E-state index in [1.165, 1.54) is 16.5 Å². The van der Waals surface area contributed by atoms with E-state index in [0.717, 1.165) is 37.2 Å². The zero-order valence-electron chi connectivity index (χ0n) is 16.1. The summed E-state index contributed by atoms with van der Waals surface area (Å²) in [4.78, 5) is 18.0. The van der Waals surface area contributed by atoms with Crippen molar-refractivity contribution in [1.29, 1.82) is 0 Å². The van der Waals surface area contributed by atoms with Crippen molar-refractivity contribution in [2.75, 3.05) is 20.2 Å². The molecule has 0 radical (unpaired) electrons. The van der Waals surface area contributed by atoms with Crippen molar-refractivity contribution in [2.24, 2.45) is 0 Å². The Hall–Kier alpha value is -2.27. The molecular formula is C21H29N3O2. The third-order valence-corrected chi connectivity index (χ3v) is 5.40. The van der Waals surface area contributed by atoms with Gasteiger partial charge < -0.3 is 15.0 Å². The Morgan fingerprint density at radius 1 is 1.38 bits per heavy atom. The first-order valence-electron chi connectivity index (χ1n) is 9.42. The van der Waals surface area contributed by atoms with Crippen LogP contribution in [0, 0.1) is 0 Å². The van der Waals surface area contributed by atoms with Gasteiger partial charge in [-0.1, -0.05) is 13.0 Å². The van der Waals surface area contributed by atoms with Crippen LogP contribution in [-0.2, 0) is 4.79 Å². The van der Waals surface area contributed by atoms with Gasteiger partial charge in [-0.3, -0.25) is 9.69 Å². The molecule has 1 amide bonds. The molecule has 0 aliphatic carbocycles. The number of nitrogens with one attached hydrogen (secondary N) is 2. The summed E-state index contributed by atoms with van der Waals surface area (Å²) >= 11 is 0. The highest BCUT2D eigenvalue weighted by molar-refractivity contribution is 5.93. The first kappa shape index (κ1) is 18.5. The van der Waals surface area contributed by atoms with Crippen LogP contribution in [0.4, 0.5) is 0 Å². The van der Waals surface area contributed by atoms with Crippen LogP contribution >= 0.6 is 0 Å². The van der Waals surface area contributed by atoms with E-state index in [9.17, 15) is 4.79 Å². The van der Waals surface area contributed by atoms with Crippen LogP contribution in [0.3, 0.4) is 0 Å². The third-order valence-electron chi connectivity index (χ3n) is 5.40. The maximum absolute atomic E-state index is 12.4. The minimum absolute atomic E-state index is 0.107. The van der Waals surface area contributed by atoms with Crippen LogP contribution in [-0.4, -0.2) is 48.1 Å². The number of methoxy groups -OCH3 is 1. The molecule has 0 saturated carbocycles. The van der Waals surface area contributed by atoms with Gasteiger partial charge in [0.15, 0.2) is 0 Å². The van der Waals surface area contributed by atoms with Gasteiger partial charge in [0.25, 0.3) is 0 Å². The SMILES string of the molecule is CC[C@H](C)NC(=O)[C@H](C)N1CC=C(c2c[nH]c3ccc(OC)cc23)CC1. The molecule has 5 heteroatoms. The summed E-state index contributed by atoms with van der Waals surface area (Å²) in [6.07, 6.45) is 6.21. The van der Waals surface area contributed by atoms with Crippen molar-refractivity contribution < 1.29 is 9.53 Å². The van der Waals surface area contributed by atoms with Crippen molar-refractivity contribution in [3.8, 4) is 5.75 Å². The normalized spacial score (nSPS) is 17.6. The summed E-state index contributed by atoms with van der Waals surface area (Å²) in [7, 11) is 1.69. The molecule has 0 spiro atoms. The molecule has 1 aliphatic rings. The Morgan fingerprint density at radius 2 is 2.19 bits per heavy atom. The average molecular weight is 355 g/mol. The van der Waals surface area contributed by atoms with Crippen molar-refractivity contribution in [1.82, 2.24) is 15.2 Å². The average Bonchev–Trinajstić information content (AvgIpc) is 3.10. The van der Waals surface area contributed by atoms with E-state index in [1.54, 1.807) is 7.11 Å². The first-order valence-corrected chi connectivity index (χ1v) is 9.42. The second-order valence-corrected chi connectivity index (χ2v) is 7.08. The Bertz CT molecular complexity index is 809. The number of rotatable bonds is 6. The molecule has 1 aromatic heterocycles. The molecule has 2 aromatic rings. The number of ether oxygens (including phenoxy) is 1. The predicted octanol–water partition coefficient (Wildman–Crippen LogP) is 3.57. The summed E-state index contributed by atoms with van der Waals surface area (Å²) in [6, 6.07) is 6.22. The van der Waals surface area contributed by atoms with Crippen molar-refractivity contribution in [3.63, 3.8) is 0 Å². The van der Waals surface area contributed by atoms with Crippen LogP contribution in [0.25, 0.3) is 16.5 Å². The molecule has 1 aromatic carbocycles. The zero-order valence-corrected chi connectivity index (χ0v) is 16.1. The number of hydrogen-bond acceptors (Lipinski definition) is 3. The smallest absolute Gasteiger partial charge is 0.237 e. The van der Waals surface area contributed by atoms with Gasteiger partial charge in [0.05, 0.1) is 13.2 Å². The standard InChI is InChI=1S/C21H29N3O2/c1-5-14(2)23-21(25)15(3)24-10-8-16(9-11-24)19-13-22-20-7-6-17(26-4)12-18(19)20/h6-8,12-15,22H,5,9-11H2,1-4H3,(H,23,25)/t14-,15-/m0/s1. The zero-order chi connectivity index (χ0) is 18.7. The Balaban J connectivity index is 1.73. The van der Waals surface area contributed by atoms with E-state index in [0.29, 0.717) is 0 Å². The van der Waals surface area contributed by atoms with Gasteiger partial charge in [-0.15, -0.1) is 0 Å². The van der Waals surface area contributed by atoms with Gasteiger partial charge in [0.1, 0.15) is 5.75 Å². The number of fused-ring (bicyclic) bond motifs is 1. The second kappa shape index (κ2) is 7.96. The quantitative estimate of drug-likeness (QED) is 0.833. The summed E-state index contributed by atoms with van der Waals surface area (Å²) in [5.74, 6) is 0.986. The topological polar surface area (TPSA) is 57.4 Å². The fourth-order valence-corrected chi connectivity index (χ4v) is 3.40. The number of benzene rings is 1. The highest BCUT2D eigenvalue weighted by atomic mass is 16.5. The van der Waals surface area contributed by atoms with Crippen molar-refractivity contribution in [3.05, 3.63) is 36.0 Å². The lowest BCUT2D eigenvalue weighted by molar-refractivity contribution is -0.126. The van der Waals surface area contributed by atoms with Crippen LogP contribution in [0.5, 0.6) is 5.75 Å². The van der Waals surface area contributed by atoms with Gasteiger partial charge in [0, 0.05) is 41.8 Å². The minimum atomic E-state index is -0.107. The lowest BCUT2D eigenvalue weighted by atomic mass is 9.98. The largest absolute Gasteiger partial charge is 0.497 e. The summed E-state index contributed by atoms with van der Waals surface area (Å²) in [6.45, 7) is 7.80. The molecule has 2 N–H and O–H groups in total. The molecule has 140 valence electrons. The number of carbonyl (C=O) groups excluding carboxylic acids is 1. The van der Waals surface area contributed by atoms with Gasteiger partial charge in [-0.25, -0.2) is 0 Å². The molecule has 26 heavy (non-hydrogen) atoms. The van der Waals surface area contributed by atoms with Gasteiger partial charge in [-0.05, 0) is 50.5 Å². The predicted molar refractivity (Wildman–Crippen MR) is 106 cm³/mol. The number of aromatic nitrogens is 1. The van der Waals surface area contributed by atoms with E-state index in [-0.39, 0.29) is 18.0 Å². The van der Waals surface area contributed by atoms with Crippen LogP contribution in [0.15, 0.2) is 30.5 Å². The Morgan fingerprint density at radius 3 is 2.85 bits per heavy atom. The molecule has 5 nitrogen and oxygen atoms in total. The fourth-order valence-electron chi connectivity index (χ4n) is 3.40. The first-order chi connectivity index (χ1) is 12.5. The molecule has 0 unspecified atom stereocenters. The number of hydrogen-bond donors (Lipinski definition) is 2. The molecular weight excluding hydrogens is 326 g/mol. The molecule has 3 rings (SSSR count). The number of amides is 1. The Labute approximate surface area is 155 Å². The number of nitrogens with zero attached hydrogens (tertiary/aromatic N) is 1. The summed E-state index contributed by atoms with van der Waals surface area (Å²) in [5.41, 5.74) is 3.68. The van der Waals surface area contributed by atoms with E-state index >= 15 is 0 Å². The maximum atomic E-state index is 12.4. The summed E-state index contributed by atoms with van der Waals surface area (Å²) in [5, 5.41) is 4.27. The van der Waals surface area contributed by atoms with Gasteiger partial charge in [-0.2, -0.15) is 0 Å². The van der Waals surface area contributed by atoms with Gasteiger partial charge >= 0.3 is 0 Å². The van der Waals surface area contributed by atoms with E-state index < -0.39 is 0 Å². The lowest BCUT2D eigenvalue weighted by Crippen LogP contribution is -2.48. The van der Waals surface area contributed by atoms with Crippen LogP contribution < -0.4 is 10.1 Å². The van der Waals surface area contributed by atoms with E-state index in [2.05, 4.69) is 46.5 Å². The van der Waals surface area contributed by atoms with E-state index in [4.69, 9.17) is 4.74 Å². The molecule has 0 saturated heterocycles. The number of H-pyrrole nitrogens is 1. The third kappa shape index (κ3) is 3.78. The van der Waals surface area contributed by atoms with Crippen molar-refractivity contribution in [2.45, 2.75) is 45.7 Å². The fraction of sp³-hybridized carbons (Fsp3) is 0.476. The molecule has 2 atom stereocenters. The maximum Gasteiger partial charge on any atom is 0.237 e. The second-order valence-electron chi connectivity index (χ2n) is 7.08. The Kier molecular flexibility index (Phi) is 5.67. The minimum Gasteiger partial charge on any atom is -0.497 e. The number of carbonyl (C=O) groups is 1.